The van der Waals surface area contributed by atoms with Crippen molar-refractivity contribution in [1.82, 2.24) is 19.8 Å². The topological polar surface area (TPSA) is 71.0 Å². The largest absolute Gasteiger partial charge is 0.378 e. The number of amides is 1. The van der Waals surface area contributed by atoms with Gasteiger partial charge in [-0.25, -0.2) is 14.4 Å². The van der Waals surface area contributed by atoms with Crippen LogP contribution in [0.5, 0.6) is 0 Å². The molecule has 0 saturated carbocycles. The van der Waals surface area contributed by atoms with Crippen molar-refractivity contribution in [3.8, 4) is 0 Å². The summed E-state index contributed by atoms with van der Waals surface area (Å²) in [5.41, 5.74) is 1.62. The smallest absolute Gasteiger partial charge is 0.248 e. The van der Waals surface area contributed by atoms with Crippen LogP contribution in [0.4, 0.5) is 10.3 Å². The Morgan fingerprint density at radius 1 is 1.00 bits per heavy atom. The molecule has 1 aromatic carbocycles. The molecule has 182 valence electrons. The quantitative estimate of drug-likeness (QED) is 0.665. The Bertz CT molecular complexity index is 985. The van der Waals surface area contributed by atoms with Crippen molar-refractivity contribution in [2.75, 3.05) is 57.4 Å². The maximum absolute atomic E-state index is 13.3. The molecule has 1 amide bonds. The first-order chi connectivity index (χ1) is 16.6. The normalized spacial score (nSPS) is 24.4. The average molecular weight is 470 g/mol. The third kappa shape index (κ3) is 5.54. The fourth-order valence-electron chi connectivity index (χ4n) is 5.04. The first kappa shape index (κ1) is 23.1. The van der Waals surface area contributed by atoms with Crippen LogP contribution in [0.1, 0.15) is 30.5 Å². The minimum Gasteiger partial charge on any atom is -0.378 e. The summed E-state index contributed by atoms with van der Waals surface area (Å²) >= 11 is 0. The van der Waals surface area contributed by atoms with E-state index in [1.807, 2.05) is 17.2 Å². The van der Waals surface area contributed by atoms with Gasteiger partial charge < -0.3 is 19.3 Å². The van der Waals surface area contributed by atoms with Crippen molar-refractivity contribution < 1.29 is 18.7 Å². The predicted molar refractivity (Wildman–Crippen MR) is 125 cm³/mol. The van der Waals surface area contributed by atoms with E-state index in [4.69, 9.17) is 14.5 Å². The van der Waals surface area contributed by atoms with Gasteiger partial charge in [-0.1, -0.05) is 12.1 Å². The maximum atomic E-state index is 13.3. The number of benzene rings is 1. The van der Waals surface area contributed by atoms with E-state index < -0.39 is 0 Å². The number of carbonyl (C=O) groups is 1. The lowest BCUT2D eigenvalue weighted by Gasteiger charge is -2.42. The molecule has 4 heterocycles. The molecule has 8 nitrogen and oxygen atoms in total. The van der Waals surface area contributed by atoms with Crippen LogP contribution >= 0.6 is 0 Å². The molecule has 0 N–H and O–H groups in total. The molecule has 1 atom stereocenters. The van der Waals surface area contributed by atoms with E-state index in [-0.39, 0.29) is 23.9 Å². The summed E-state index contributed by atoms with van der Waals surface area (Å²) in [6.45, 7) is 6.85. The molecule has 9 heteroatoms. The second-order valence-corrected chi connectivity index (χ2v) is 9.43. The molecule has 1 spiro atoms. The van der Waals surface area contributed by atoms with Crippen LogP contribution in [-0.4, -0.2) is 83.8 Å². The van der Waals surface area contributed by atoms with Crippen LogP contribution in [-0.2, 0) is 27.4 Å². The summed E-state index contributed by atoms with van der Waals surface area (Å²) in [6, 6.07) is 8.36. The van der Waals surface area contributed by atoms with Gasteiger partial charge in [0, 0.05) is 38.9 Å². The Morgan fingerprint density at radius 2 is 1.82 bits per heavy atom. The highest BCUT2D eigenvalue weighted by Crippen LogP contribution is 2.31. The maximum Gasteiger partial charge on any atom is 0.248 e. The van der Waals surface area contributed by atoms with Gasteiger partial charge in [0.25, 0.3) is 0 Å². The third-order valence-electron chi connectivity index (χ3n) is 6.99. The van der Waals surface area contributed by atoms with Gasteiger partial charge in [0.2, 0.25) is 11.9 Å². The molecule has 0 radical (unpaired) electrons. The number of rotatable bonds is 5. The van der Waals surface area contributed by atoms with Crippen molar-refractivity contribution >= 4 is 11.9 Å². The lowest BCUT2D eigenvalue weighted by molar-refractivity contribution is -0.166. The molecule has 0 aliphatic carbocycles. The highest BCUT2D eigenvalue weighted by atomic mass is 19.1. The molecule has 2 aromatic rings. The zero-order valence-corrected chi connectivity index (χ0v) is 19.5. The Morgan fingerprint density at radius 3 is 2.65 bits per heavy atom. The molecule has 1 aromatic heterocycles. The summed E-state index contributed by atoms with van der Waals surface area (Å²) in [6.07, 6.45) is 4.62. The molecular weight excluding hydrogens is 437 g/mol. The number of likely N-dealkylation sites (tertiary alicyclic amines) is 1. The zero-order chi connectivity index (χ0) is 23.4. The molecular formula is C25H32FN5O3. The van der Waals surface area contributed by atoms with Gasteiger partial charge in [-0.05, 0) is 49.6 Å². The van der Waals surface area contributed by atoms with Gasteiger partial charge in [-0.15, -0.1) is 0 Å². The third-order valence-corrected chi connectivity index (χ3v) is 6.99. The number of halogens is 1. The Kier molecular flexibility index (Phi) is 7.03. The number of hydrogen-bond acceptors (Lipinski definition) is 7. The van der Waals surface area contributed by atoms with Crippen molar-refractivity contribution in [3.05, 3.63) is 53.6 Å². The number of ether oxygens (including phenoxy) is 2. The van der Waals surface area contributed by atoms with E-state index in [0.717, 1.165) is 69.2 Å². The SMILES string of the molecule is O=C1CO[C@]2(CCCN(Cc3ccnc(N4CCOCC4)n3)CC2)CN1Cc1ccc(F)cc1. The van der Waals surface area contributed by atoms with Crippen molar-refractivity contribution in [2.24, 2.45) is 0 Å². The van der Waals surface area contributed by atoms with Crippen LogP contribution in [0.15, 0.2) is 36.5 Å². The molecule has 0 unspecified atom stereocenters. The van der Waals surface area contributed by atoms with Gasteiger partial charge >= 0.3 is 0 Å². The van der Waals surface area contributed by atoms with E-state index in [2.05, 4.69) is 14.8 Å². The lowest BCUT2D eigenvalue weighted by atomic mass is 9.92. The van der Waals surface area contributed by atoms with Crippen molar-refractivity contribution in [1.29, 1.82) is 0 Å². The average Bonchev–Trinajstić information content (AvgIpc) is 3.06. The van der Waals surface area contributed by atoms with E-state index in [0.29, 0.717) is 26.3 Å². The van der Waals surface area contributed by atoms with Crippen molar-refractivity contribution in [2.45, 2.75) is 38.0 Å². The number of aromatic nitrogens is 2. The molecule has 3 fully saturated rings. The van der Waals surface area contributed by atoms with Crippen LogP contribution < -0.4 is 4.90 Å². The lowest BCUT2D eigenvalue weighted by Crippen LogP contribution is -2.54. The predicted octanol–water partition coefficient (Wildman–Crippen LogP) is 2.24. The minimum absolute atomic E-state index is 0.00678. The second-order valence-electron chi connectivity index (χ2n) is 9.43. The summed E-state index contributed by atoms with van der Waals surface area (Å²) in [7, 11) is 0. The second kappa shape index (κ2) is 10.3. The summed E-state index contributed by atoms with van der Waals surface area (Å²) < 4.78 is 24.9. The standard InChI is InChI=1S/C25H32FN5O3/c26-21-4-2-20(3-5-21)16-31-19-25(34-18-23(31)32)7-1-10-29(11-8-25)17-22-6-9-27-24(28-22)30-12-14-33-15-13-30/h2-6,9H,1,7-8,10-19H2/t25-/m0/s1. The molecule has 5 rings (SSSR count). The molecule has 3 aliphatic rings. The summed E-state index contributed by atoms with van der Waals surface area (Å²) in [4.78, 5) is 28.3. The van der Waals surface area contributed by atoms with E-state index in [1.165, 1.54) is 12.1 Å². The number of morpholine rings is 2. The zero-order valence-electron chi connectivity index (χ0n) is 19.5. The van der Waals surface area contributed by atoms with Gasteiger partial charge in [0.1, 0.15) is 12.4 Å². The van der Waals surface area contributed by atoms with Crippen LogP contribution in [0, 0.1) is 5.82 Å². The Labute approximate surface area is 199 Å². The highest BCUT2D eigenvalue weighted by molar-refractivity contribution is 5.78. The monoisotopic (exact) mass is 469 g/mol. The molecule has 34 heavy (non-hydrogen) atoms. The van der Waals surface area contributed by atoms with Gasteiger partial charge in [0.05, 0.1) is 31.1 Å². The van der Waals surface area contributed by atoms with Gasteiger partial charge in [0.15, 0.2) is 0 Å². The number of carbonyl (C=O) groups excluding carboxylic acids is 1. The van der Waals surface area contributed by atoms with Crippen LogP contribution in [0.3, 0.4) is 0 Å². The number of anilines is 1. The van der Waals surface area contributed by atoms with E-state index in [9.17, 15) is 9.18 Å². The van der Waals surface area contributed by atoms with E-state index in [1.54, 1.807) is 12.1 Å². The fourth-order valence-corrected chi connectivity index (χ4v) is 5.04. The number of hydrogen-bond donors (Lipinski definition) is 0. The number of nitrogens with zero attached hydrogens (tertiary/aromatic N) is 5. The molecule has 3 aliphatic heterocycles. The summed E-state index contributed by atoms with van der Waals surface area (Å²) in [5, 5.41) is 0. The van der Waals surface area contributed by atoms with Crippen molar-refractivity contribution in [3.63, 3.8) is 0 Å². The highest BCUT2D eigenvalue weighted by Gasteiger charge is 2.40. The minimum atomic E-state index is -0.326. The van der Waals surface area contributed by atoms with Crippen LogP contribution in [0.25, 0.3) is 0 Å². The summed E-state index contributed by atoms with van der Waals surface area (Å²) in [5.74, 6) is 0.503. The molecule has 3 saturated heterocycles. The first-order valence-corrected chi connectivity index (χ1v) is 12.1. The molecule has 0 bridgehead atoms. The fraction of sp³-hybridized carbons (Fsp3) is 0.560. The van der Waals surface area contributed by atoms with Gasteiger partial charge in [-0.3, -0.25) is 9.69 Å². The first-order valence-electron chi connectivity index (χ1n) is 12.1. The Hall–Kier alpha value is -2.62. The van der Waals surface area contributed by atoms with E-state index >= 15 is 0 Å². The van der Waals surface area contributed by atoms with Gasteiger partial charge in [-0.2, -0.15) is 0 Å². The van der Waals surface area contributed by atoms with Crippen LogP contribution in [0.2, 0.25) is 0 Å². The Balaban J connectivity index is 1.20.